The van der Waals surface area contributed by atoms with Gasteiger partial charge in [-0.3, -0.25) is 4.40 Å². The van der Waals surface area contributed by atoms with Crippen molar-refractivity contribution in [3.05, 3.63) is 60.1 Å². The van der Waals surface area contributed by atoms with Crippen molar-refractivity contribution in [3.63, 3.8) is 0 Å². The third-order valence-electron chi connectivity index (χ3n) is 6.20. The molecule has 168 valence electrons. The number of benzene rings is 1. The minimum absolute atomic E-state index is 0.231. The second kappa shape index (κ2) is 7.96. The molecule has 1 saturated heterocycles. The van der Waals surface area contributed by atoms with Crippen LogP contribution in [-0.4, -0.2) is 57.2 Å². The van der Waals surface area contributed by atoms with Gasteiger partial charge in [0, 0.05) is 61.6 Å². The summed E-state index contributed by atoms with van der Waals surface area (Å²) in [6.07, 6.45) is 6.21. The number of nitrogen functional groups attached to an aromatic ring is 1. The summed E-state index contributed by atoms with van der Waals surface area (Å²) in [7, 11) is 0. The summed E-state index contributed by atoms with van der Waals surface area (Å²) in [6.45, 7) is 4.30. The fourth-order valence-electron chi connectivity index (χ4n) is 4.49. The fourth-order valence-corrected chi connectivity index (χ4v) is 4.49. The number of hydrogen-bond acceptors (Lipinski definition) is 8. The van der Waals surface area contributed by atoms with E-state index >= 15 is 0 Å². The van der Waals surface area contributed by atoms with Crippen LogP contribution in [0.2, 0.25) is 0 Å². The molecule has 33 heavy (non-hydrogen) atoms. The van der Waals surface area contributed by atoms with Gasteiger partial charge in [0.15, 0.2) is 11.5 Å². The van der Waals surface area contributed by atoms with Crippen LogP contribution >= 0.6 is 0 Å². The molecular formula is C23H23FN8O. The average Bonchev–Trinajstić information content (AvgIpc) is 3.23. The predicted octanol–water partition coefficient (Wildman–Crippen LogP) is 2.31. The maximum Gasteiger partial charge on any atom is 0.219 e. The standard InChI is InChI=1S/C23H23FN8O/c24-16-1-3-17(4-2-16)31-6-5-20-19(13-31)29-22-21(30-7-9-33-10-8-30)28-18(14-32(20)22)15-11-26-23(25)27-12-15/h1-4,11-12,14H,5-10,13H2,(H2,25,26,27). The number of rotatable bonds is 3. The Balaban J connectivity index is 1.45. The van der Waals surface area contributed by atoms with E-state index in [4.69, 9.17) is 20.4 Å². The molecule has 3 aromatic heterocycles. The van der Waals surface area contributed by atoms with Gasteiger partial charge in [-0.15, -0.1) is 0 Å². The topological polar surface area (TPSA) is 97.7 Å². The van der Waals surface area contributed by atoms with Crippen LogP contribution in [0, 0.1) is 5.82 Å². The number of anilines is 3. The predicted molar refractivity (Wildman–Crippen MR) is 123 cm³/mol. The number of halogens is 1. The molecule has 0 radical (unpaired) electrons. The highest BCUT2D eigenvalue weighted by molar-refractivity contribution is 5.71. The van der Waals surface area contributed by atoms with Gasteiger partial charge in [0.2, 0.25) is 5.95 Å². The van der Waals surface area contributed by atoms with Crippen LogP contribution in [0.5, 0.6) is 0 Å². The first-order valence-electron chi connectivity index (χ1n) is 11.0. The summed E-state index contributed by atoms with van der Waals surface area (Å²) < 4.78 is 21.1. The van der Waals surface area contributed by atoms with E-state index in [9.17, 15) is 4.39 Å². The van der Waals surface area contributed by atoms with Gasteiger partial charge < -0.3 is 20.3 Å². The Bertz CT molecular complexity index is 1300. The Morgan fingerprint density at radius 3 is 2.45 bits per heavy atom. The number of nitrogens with two attached hydrogens (primary N) is 1. The Hall–Kier alpha value is -3.79. The van der Waals surface area contributed by atoms with Crippen LogP contribution in [-0.2, 0) is 17.7 Å². The van der Waals surface area contributed by atoms with Gasteiger partial charge in [0.1, 0.15) is 5.82 Å². The number of aromatic nitrogens is 5. The second-order valence-corrected chi connectivity index (χ2v) is 8.23. The second-order valence-electron chi connectivity index (χ2n) is 8.23. The van der Waals surface area contributed by atoms with Crippen LogP contribution < -0.4 is 15.5 Å². The molecule has 0 aliphatic carbocycles. The zero-order valence-corrected chi connectivity index (χ0v) is 18.0. The van der Waals surface area contributed by atoms with Crippen molar-refractivity contribution in [2.24, 2.45) is 0 Å². The molecule has 0 spiro atoms. The van der Waals surface area contributed by atoms with Crippen LogP contribution in [0.4, 0.5) is 21.8 Å². The molecule has 4 aromatic rings. The SMILES string of the molecule is Nc1ncc(-c2cn3c4c(nc3c(N3CCOCC3)n2)CN(c2ccc(F)cc2)CC4)cn1. The Kier molecular flexibility index (Phi) is 4.79. The smallest absolute Gasteiger partial charge is 0.219 e. The zero-order valence-electron chi connectivity index (χ0n) is 18.0. The van der Waals surface area contributed by atoms with Crippen LogP contribution in [0.1, 0.15) is 11.4 Å². The van der Waals surface area contributed by atoms with Crippen molar-refractivity contribution in [1.82, 2.24) is 24.3 Å². The molecule has 1 aromatic carbocycles. The highest BCUT2D eigenvalue weighted by Crippen LogP contribution is 2.31. The van der Waals surface area contributed by atoms with Gasteiger partial charge in [-0.2, -0.15) is 0 Å². The molecule has 2 aliphatic rings. The summed E-state index contributed by atoms with van der Waals surface area (Å²) in [4.78, 5) is 22.7. The molecule has 0 unspecified atom stereocenters. The van der Waals surface area contributed by atoms with E-state index in [2.05, 4.69) is 24.2 Å². The van der Waals surface area contributed by atoms with Crippen LogP contribution in [0.3, 0.4) is 0 Å². The summed E-state index contributed by atoms with van der Waals surface area (Å²) in [5.41, 5.74) is 11.2. The first-order chi connectivity index (χ1) is 16.2. The van der Waals surface area contributed by atoms with Crippen molar-refractivity contribution in [3.8, 4) is 11.3 Å². The lowest BCUT2D eigenvalue weighted by Crippen LogP contribution is -2.37. The van der Waals surface area contributed by atoms with Crippen molar-refractivity contribution in [2.75, 3.05) is 48.4 Å². The van der Waals surface area contributed by atoms with Gasteiger partial charge in [-0.1, -0.05) is 0 Å². The normalized spacial score (nSPS) is 16.3. The van der Waals surface area contributed by atoms with Gasteiger partial charge in [-0.05, 0) is 24.3 Å². The van der Waals surface area contributed by atoms with E-state index in [0.29, 0.717) is 19.8 Å². The Labute approximate surface area is 189 Å². The number of hydrogen-bond donors (Lipinski definition) is 1. The number of ether oxygens (including phenoxy) is 1. The molecule has 1 fully saturated rings. The van der Waals surface area contributed by atoms with E-state index in [1.54, 1.807) is 12.4 Å². The molecule has 10 heteroatoms. The fraction of sp³-hybridized carbons (Fsp3) is 0.304. The molecule has 5 heterocycles. The Morgan fingerprint density at radius 1 is 0.939 bits per heavy atom. The third-order valence-corrected chi connectivity index (χ3v) is 6.20. The lowest BCUT2D eigenvalue weighted by atomic mass is 10.1. The van der Waals surface area contributed by atoms with E-state index in [-0.39, 0.29) is 11.8 Å². The number of imidazole rings is 1. The van der Waals surface area contributed by atoms with Gasteiger partial charge >= 0.3 is 0 Å². The van der Waals surface area contributed by atoms with E-state index in [1.165, 1.54) is 12.1 Å². The van der Waals surface area contributed by atoms with Crippen molar-refractivity contribution in [1.29, 1.82) is 0 Å². The first kappa shape index (κ1) is 19.9. The van der Waals surface area contributed by atoms with E-state index < -0.39 is 0 Å². The largest absolute Gasteiger partial charge is 0.378 e. The maximum absolute atomic E-state index is 13.4. The number of fused-ring (bicyclic) bond motifs is 3. The summed E-state index contributed by atoms with van der Waals surface area (Å²) >= 11 is 0. The molecule has 0 atom stereocenters. The van der Waals surface area contributed by atoms with Crippen LogP contribution in [0.25, 0.3) is 16.9 Å². The third kappa shape index (κ3) is 3.62. The molecule has 0 bridgehead atoms. The van der Waals surface area contributed by atoms with Crippen molar-refractivity contribution >= 4 is 23.1 Å². The molecule has 2 aliphatic heterocycles. The summed E-state index contributed by atoms with van der Waals surface area (Å²) in [5, 5.41) is 0. The monoisotopic (exact) mass is 446 g/mol. The molecule has 0 saturated carbocycles. The minimum atomic E-state index is -0.232. The summed E-state index contributed by atoms with van der Waals surface area (Å²) in [5.74, 6) is 0.828. The van der Waals surface area contributed by atoms with Crippen molar-refractivity contribution in [2.45, 2.75) is 13.0 Å². The number of morpholine rings is 1. The molecule has 0 amide bonds. The highest BCUT2D eigenvalue weighted by atomic mass is 19.1. The lowest BCUT2D eigenvalue weighted by Gasteiger charge is -2.29. The molecule has 9 nitrogen and oxygen atoms in total. The quantitative estimate of drug-likeness (QED) is 0.512. The minimum Gasteiger partial charge on any atom is -0.378 e. The van der Waals surface area contributed by atoms with Gasteiger partial charge in [-0.25, -0.2) is 24.3 Å². The maximum atomic E-state index is 13.4. The molecular weight excluding hydrogens is 423 g/mol. The van der Waals surface area contributed by atoms with E-state index in [0.717, 1.165) is 65.9 Å². The van der Waals surface area contributed by atoms with Gasteiger partial charge in [0.05, 0.1) is 31.1 Å². The molecule has 6 rings (SSSR count). The lowest BCUT2D eigenvalue weighted by molar-refractivity contribution is 0.122. The van der Waals surface area contributed by atoms with Crippen molar-refractivity contribution < 1.29 is 9.13 Å². The van der Waals surface area contributed by atoms with E-state index in [1.807, 2.05) is 18.3 Å². The summed E-state index contributed by atoms with van der Waals surface area (Å²) in [6, 6.07) is 6.62. The highest BCUT2D eigenvalue weighted by Gasteiger charge is 2.26. The number of nitrogens with zero attached hydrogens (tertiary/aromatic N) is 7. The first-order valence-corrected chi connectivity index (χ1v) is 11.0. The zero-order chi connectivity index (χ0) is 22.4. The Morgan fingerprint density at radius 2 is 1.70 bits per heavy atom. The average molecular weight is 446 g/mol. The molecule has 2 N–H and O–H groups in total. The van der Waals surface area contributed by atoms with Crippen LogP contribution in [0.15, 0.2) is 42.9 Å². The van der Waals surface area contributed by atoms with Gasteiger partial charge in [0.25, 0.3) is 0 Å².